The van der Waals surface area contributed by atoms with Gasteiger partial charge in [0.15, 0.2) is 0 Å². The molecule has 108 valence electrons. The molecule has 0 radical (unpaired) electrons. The number of fused-ring (bicyclic) bond motifs is 1. The summed E-state index contributed by atoms with van der Waals surface area (Å²) in [6, 6.07) is 7.29. The zero-order valence-electron chi connectivity index (χ0n) is 10.5. The average Bonchev–Trinajstić information content (AvgIpc) is 2.80. The molecular weight excluding hydrogens is 347 g/mol. The number of anilines is 1. The lowest BCUT2D eigenvalue weighted by molar-refractivity contribution is -0.136. The Morgan fingerprint density at radius 3 is 2.52 bits per heavy atom. The molecule has 0 aliphatic heterocycles. The highest BCUT2D eigenvalue weighted by molar-refractivity contribution is 9.10. The van der Waals surface area contributed by atoms with E-state index in [1.165, 1.54) is 12.1 Å². The van der Waals surface area contributed by atoms with Crippen LogP contribution in [-0.4, -0.2) is 9.38 Å². The molecule has 1 aromatic carbocycles. The number of pyridine rings is 1. The largest absolute Gasteiger partial charge is 0.418 e. The number of hydrogen-bond donors (Lipinski definition) is 1. The van der Waals surface area contributed by atoms with Gasteiger partial charge in [-0.15, -0.1) is 0 Å². The first kappa shape index (κ1) is 13.9. The number of rotatable bonds is 1. The van der Waals surface area contributed by atoms with Crippen molar-refractivity contribution in [2.24, 2.45) is 0 Å². The number of hydrogen-bond acceptors (Lipinski definition) is 2. The lowest BCUT2D eigenvalue weighted by atomic mass is 10.1. The van der Waals surface area contributed by atoms with E-state index in [9.17, 15) is 13.2 Å². The average molecular weight is 356 g/mol. The lowest BCUT2D eigenvalue weighted by Gasteiger charge is -2.10. The first-order valence-electron chi connectivity index (χ1n) is 5.96. The van der Waals surface area contributed by atoms with Crippen LogP contribution in [0.4, 0.5) is 18.9 Å². The van der Waals surface area contributed by atoms with Gasteiger partial charge in [0.2, 0.25) is 0 Å². The molecule has 2 aromatic heterocycles. The van der Waals surface area contributed by atoms with Gasteiger partial charge in [-0.3, -0.25) is 0 Å². The molecule has 0 saturated carbocycles. The predicted octanol–water partition coefficient (Wildman–Crippen LogP) is 4.36. The number of nitrogen functional groups attached to an aromatic ring is 1. The minimum absolute atomic E-state index is 0.307. The molecule has 0 unspecified atom stereocenters. The molecule has 0 fully saturated rings. The van der Waals surface area contributed by atoms with E-state index in [-0.39, 0.29) is 5.69 Å². The van der Waals surface area contributed by atoms with Crippen molar-refractivity contribution in [1.29, 1.82) is 0 Å². The van der Waals surface area contributed by atoms with Gasteiger partial charge in [0.1, 0.15) is 5.65 Å². The SMILES string of the molecule is Nc1cc(-c2cn3cc(Br)ccc3n2)ccc1C(F)(F)F. The fourth-order valence-electron chi connectivity index (χ4n) is 2.08. The minimum Gasteiger partial charge on any atom is -0.398 e. The molecule has 0 bridgehead atoms. The third kappa shape index (κ3) is 2.61. The zero-order valence-corrected chi connectivity index (χ0v) is 12.1. The molecule has 21 heavy (non-hydrogen) atoms. The zero-order chi connectivity index (χ0) is 15.2. The summed E-state index contributed by atoms with van der Waals surface area (Å²) >= 11 is 3.35. The molecule has 0 saturated heterocycles. The normalized spacial score (nSPS) is 12.0. The Labute approximate surface area is 126 Å². The van der Waals surface area contributed by atoms with Gasteiger partial charge in [0.25, 0.3) is 0 Å². The van der Waals surface area contributed by atoms with Gasteiger partial charge in [-0.2, -0.15) is 13.2 Å². The monoisotopic (exact) mass is 355 g/mol. The van der Waals surface area contributed by atoms with E-state index in [1.54, 1.807) is 16.7 Å². The maximum absolute atomic E-state index is 12.7. The Kier molecular flexibility index (Phi) is 3.16. The Balaban J connectivity index is 2.08. The van der Waals surface area contributed by atoms with E-state index < -0.39 is 11.7 Å². The molecule has 0 amide bonds. The van der Waals surface area contributed by atoms with Crippen LogP contribution in [0.15, 0.2) is 47.2 Å². The van der Waals surface area contributed by atoms with Crippen molar-refractivity contribution >= 4 is 27.3 Å². The van der Waals surface area contributed by atoms with Gasteiger partial charge in [-0.1, -0.05) is 6.07 Å². The Bertz CT molecular complexity index is 824. The summed E-state index contributed by atoms with van der Waals surface area (Å²) in [5.74, 6) is 0. The first-order valence-corrected chi connectivity index (χ1v) is 6.75. The van der Waals surface area contributed by atoms with Crippen molar-refractivity contribution in [3.05, 3.63) is 52.8 Å². The summed E-state index contributed by atoms with van der Waals surface area (Å²) in [5.41, 5.74) is 6.16. The number of benzene rings is 1. The summed E-state index contributed by atoms with van der Waals surface area (Å²) in [4.78, 5) is 4.36. The number of alkyl halides is 3. The summed E-state index contributed by atoms with van der Waals surface area (Å²) in [6.45, 7) is 0. The van der Waals surface area contributed by atoms with Gasteiger partial charge in [-0.25, -0.2) is 4.98 Å². The van der Waals surface area contributed by atoms with Crippen molar-refractivity contribution in [2.75, 3.05) is 5.73 Å². The highest BCUT2D eigenvalue weighted by atomic mass is 79.9. The smallest absolute Gasteiger partial charge is 0.398 e. The molecule has 7 heteroatoms. The van der Waals surface area contributed by atoms with E-state index in [2.05, 4.69) is 20.9 Å². The van der Waals surface area contributed by atoms with Crippen LogP contribution >= 0.6 is 15.9 Å². The van der Waals surface area contributed by atoms with Crippen LogP contribution in [0.3, 0.4) is 0 Å². The van der Waals surface area contributed by atoms with Crippen molar-refractivity contribution in [1.82, 2.24) is 9.38 Å². The summed E-state index contributed by atoms with van der Waals surface area (Å²) in [5, 5.41) is 0. The molecule has 3 nitrogen and oxygen atoms in total. The molecule has 2 N–H and O–H groups in total. The van der Waals surface area contributed by atoms with Crippen molar-refractivity contribution < 1.29 is 13.2 Å². The van der Waals surface area contributed by atoms with Crippen LogP contribution in [0.25, 0.3) is 16.9 Å². The van der Waals surface area contributed by atoms with E-state index in [0.717, 1.165) is 10.5 Å². The summed E-state index contributed by atoms with van der Waals surface area (Å²) in [7, 11) is 0. The van der Waals surface area contributed by atoms with Crippen molar-refractivity contribution in [2.45, 2.75) is 6.18 Å². The standard InChI is InChI=1S/C14H9BrF3N3/c15-9-2-4-13-20-12(7-21(13)6-9)8-1-3-10(11(19)5-8)14(16,17)18/h1-7H,19H2. The molecular formula is C14H9BrF3N3. The number of imidazole rings is 1. The Morgan fingerprint density at radius 2 is 1.86 bits per heavy atom. The third-order valence-electron chi connectivity index (χ3n) is 3.07. The van der Waals surface area contributed by atoms with Crippen molar-refractivity contribution in [3.63, 3.8) is 0 Å². The molecule has 3 rings (SSSR count). The second-order valence-electron chi connectivity index (χ2n) is 4.54. The van der Waals surface area contributed by atoms with E-state index in [0.29, 0.717) is 16.9 Å². The second-order valence-corrected chi connectivity index (χ2v) is 5.45. The number of nitrogens with zero attached hydrogens (tertiary/aromatic N) is 2. The molecule has 0 aliphatic rings. The number of aromatic nitrogens is 2. The molecule has 0 spiro atoms. The van der Waals surface area contributed by atoms with Gasteiger partial charge in [0, 0.05) is 28.1 Å². The maximum atomic E-state index is 12.7. The first-order chi connectivity index (χ1) is 9.84. The van der Waals surface area contributed by atoms with Crippen LogP contribution in [0, 0.1) is 0 Å². The highest BCUT2D eigenvalue weighted by Crippen LogP contribution is 2.35. The third-order valence-corrected chi connectivity index (χ3v) is 3.54. The van der Waals surface area contributed by atoms with Crippen LogP contribution in [0.2, 0.25) is 0 Å². The van der Waals surface area contributed by atoms with Crippen LogP contribution in [0.5, 0.6) is 0 Å². The highest BCUT2D eigenvalue weighted by Gasteiger charge is 2.32. The number of nitrogens with two attached hydrogens (primary N) is 1. The molecule has 0 aliphatic carbocycles. The fourth-order valence-corrected chi connectivity index (χ4v) is 2.44. The maximum Gasteiger partial charge on any atom is 0.418 e. The van der Waals surface area contributed by atoms with E-state index in [1.807, 2.05) is 12.3 Å². The van der Waals surface area contributed by atoms with Crippen molar-refractivity contribution in [3.8, 4) is 11.3 Å². The van der Waals surface area contributed by atoms with Gasteiger partial charge < -0.3 is 10.1 Å². The summed E-state index contributed by atoms with van der Waals surface area (Å²) < 4.78 is 40.7. The Hall–Kier alpha value is -2.02. The van der Waals surface area contributed by atoms with Gasteiger partial charge >= 0.3 is 6.18 Å². The molecule has 0 atom stereocenters. The molecule has 3 aromatic rings. The van der Waals surface area contributed by atoms with Gasteiger partial charge in [-0.05, 0) is 40.2 Å². The van der Waals surface area contributed by atoms with Crippen LogP contribution in [0.1, 0.15) is 5.56 Å². The fraction of sp³-hybridized carbons (Fsp3) is 0.0714. The van der Waals surface area contributed by atoms with Crippen LogP contribution in [-0.2, 0) is 6.18 Å². The predicted molar refractivity (Wildman–Crippen MR) is 77.7 cm³/mol. The van der Waals surface area contributed by atoms with Crippen LogP contribution < -0.4 is 5.73 Å². The topological polar surface area (TPSA) is 43.3 Å². The van der Waals surface area contributed by atoms with E-state index >= 15 is 0 Å². The summed E-state index contributed by atoms with van der Waals surface area (Å²) in [6.07, 6.45) is -0.895. The molecule has 2 heterocycles. The van der Waals surface area contributed by atoms with Gasteiger partial charge in [0.05, 0.1) is 11.3 Å². The van der Waals surface area contributed by atoms with E-state index in [4.69, 9.17) is 5.73 Å². The lowest BCUT2D eigenvalue weighted by Crippen LogP contribution is -2.08. The Morgan fingerprint density at radius 1 is 1.10 bits per heavy atom. The number of halogens is 4. The quantitative estimate of drug-likeness (QED) is 0.659. The second kappa shape index (κ2) is 4.77. The minimum atomic E-state index is -4.45.